The fraction of sp³-hybridized carbons (Fsp3) is 0.391. The molecule has 6 rings (SSSR count). The van der Waals surface area contributed by atoms with Crippen molar-refractivity contribution in [3.05, 3.63) is 58.3 Å². The summed E-state index contributed by atoms with van der Waals surface area (Å²) in [5.74, 6) is 0. The van der Waals surface area contributed by atoms with Crippen LogP contribution in [0.25, 0.3) is 27.9 Å². The topological polar surface area (TPSA) is 91.1 Å². The minimum absolute atomic E-state index is 0.0301. The molecule has 0 saturated heterocycles. The molecule has 0 aromatic carbocycles. The summed E-state index contributed by atoms with van der Waals surface area (Å²) in [4.78, 5) is 22.6. The van der Waals surface area contributed by atoms with E-state index in [1.54, 1.807) is 4.52 Å². The van der Waals surface area contributed by atoms with Crippen molar-refractivity contribution in [2.24, 2.45) is 5.73 Å². The third kappa shape index (κ3) is 2.41. The van der Waals surface area contributed by atoms with Crippen LogP contribution in [0.5, 0.6) is 0 Å². The Morgan fingerprint density at radius 2 is 1.83 bits per heavy atom. The summed E-state index contributed by atoms with van der Waals surface area (Å²) in [5, 5.41) is 5.32. The van der Waals surface area contributed by atoms with E-state index in [2.05, 4.69) is 10.1 Å². The van der Waals surface area contributed by atoms with Crippen molar-refractivity contribution < 1.29 is 0 Å². The molecule has 2 aliphatic rings. The van der Waals surface area contributed by atoms with Crippen molar-refractivity contribution in [2.75, 3.05) is 0 Å². The lowest BCUT2D eigenvalue weighted by atomic mass is 9.91. The molecule has 0 amide bonds. The summed E-state index contributed by atoms with van der Waals surface area (Å²) in [5.41, 5.74) is 11.3. The van der Waals surface area contributed by atoms with E-state index in [1.165, 1.54) is 0 Å². The van der Waals surface area contributed by atoms with Gasteiger partial charge in [0, 0.05) is 17.3 Å². The highest BCUT2D eigenvalue weighted by Gasteiger charge is 2.53. The van der Waals surface area contributed by atoms with Crippen molar-refractivity contribution >= 4 is 16.6 Å². The van der Waals surface area contributed by atoms with E-state index >= 15 is 0 Å². The molecule has 0 spiro atoms. The monoisotopic (exact) mass is 400 g/mol. The molecule has 30 heavy (non-hydrogen) atoms. The molecule has 4 aromatic heterocycles. The maximum absolute atomic E-state index is 13.3. The van der Waals surface area contributed by atoms with E-state index in [4.69, 9.17) is 10.7 Å². The number of nitrogens with zero attached hydrogens (tertiary/aromatic N) is 5. The van der Waals surface area contributed by atoms with Crippen LogP contribution in [0.4, 0.5) is 0 Å². The molecule has 2 saturated carbocycles. The molecule has 2 fully saturated rings. The second-order valence-corrected chi connectivity index (χ2v) is 9.25. The maximum atomic E-state index is 13.3. The maximum Gasteiger partial charge on any atom is 0.260 e. The molecular weight excluding hydrogens is 376 g/mol. The van der Waals surface area contributed by atoms with Gasteiger partial charge in [-0.15, -0.1) is 0 Å². The Hall–Kier alpha value is -3.06. The van der Waals surface area contributed by atoms with Gasteiger partial charge in [-0.25, -0.2) is 14.5 Å². The van der Waals surface area contributed by atoms with E-state index in [1.807, 2.05) is 55.1 Å². The highest BCUT2D eigenvalue weighted by Crippen LogP contribution is 2.53. The standard InChI is InChI=1S/C23H24N6O/c1-14-11-19(27-29-12-15(2)25-20(14)29)18-4-3-16-17(26-18)5-10-28(21(16)30)23-8-6-22(24,13-23)7-9-23/h3-5,10-12H,6-9,13,24H2,1-2H3. The van der Waals surface area contributed by atoms with Crippen LogP contribution in [-0.2, 0) is 5.54 Å². The number of nitrogens with two attached hydrogens (primary N) is 1. The van der Waals surface area contributed by atoms with Crippen LogP contribution in [0.15, 0.2) is 41.5 Å². The number of aromatic nitrogens is 5. The zero-order valence-corrected chi connectivity index (χ0v) is 17.2. The minimum atomic E-state index is -0.123. The number of hydrogen-bond donors (Lipinski definition) is 1. The number of fused-ring (bicyclic) bond motifs is 4. The lowest BCUT2D eigenvalue weighted by molar-refractivity contribution is 0.283. The molecular formula is C23H24N6O. The van der Waals surface area contributed by atoms with Crippen molar-refractivity contribution in [3.63, 3.8) is 0 Å². The number of pyridine rings is 2. The molecule has 0 radical (unpaired) electrons. The zero-order valence-electron chi connectivity index (χ0n) is 17.2. The van der Waals surface area contributed by atoms with Crippen molar-refractivity contribution in [2.45, 2.75) is 57.0 Å². The summed E-state index contributed by atoms with van der Waals surface area (Å²) in [6.45, 7) is 3.97. The van der Waals surface area contributed by atoms with Gasteiger partial charge < -0.3 is 10.3 Å². The third-order valence-corrected chi connectivity index (χ3v) is 7.12. The Kier molecular flexibility index (Phi) is 3.41. The fourth-order valence-electron chi connectivity index (χ4n) is 5.56. The first-order chi connectivity index (χ1) is 14.4. The van der Waals surface area contributed by atoms with Crippen LogP contribution in [0.2, 0.25) is 0 Å². The molecule has 4 heterocycles. The Labute approximate surface area is 173 Å². The summed E-state index contributed by atoms with van der Waals surface area (Å²) in [6.07, 6.45) is 8.67. The summed E-state index contributed by atoms with van der Waals surface area (Å²) < 4.78 is 3.73. The number of imidazole rings is 1. The van der Waals surface area contributed by atoms with Gasteiger partial charge in [-0.3, -0.25) is 4.79 Å². The number of rotatable bonds is 2. The summed E-state index contributed by atoms with van der Waals surface area (Å²) in [6, 6.07) is 7.72. The van der Waals surface area contributed by atoms with Crippen LogP contribution in [0.3, 0.4) is 0 Å². The smallest absolute Gasteiger partial charge is 0.260 e. The number of hydrogen-bond acceptors (Lipinski definition) is 5. The second kappa shape index (κ2) is 5.76. The Balaban J connectivity index is 1.46. The van der Waals surface area contributed by atoms with Gasteiger partial charge in [-0.05, 0) is 75.8 Å². The SMILES string of the molecule is Cc1cn2nc(-c3ccc4c(=O)n(C56CCC(N)(CC5)C6)ccc4n3)cc(C)c2n1. The van der Waals surface area contributed by atoms with Crippen LogP contribution in [0, 0.1) is 13.8 Å². The Morgan fingerprint density at radius 1 is 1.03 bits per heavy atom. The molecule has 2 bridgehead atoms. The van der Waals surface area contributed by atoms with Crippen molar-refractivity contribution in [1.29, 1.82) is 0 Å². The van der Waals surface area contributed by atoms with Crippen LogP contribution in [0.1, 0.15) is 43.4 Å². The van der Waals surface area contributed by atoms with Gasteiger partial charge in [-0.2, -0.15) is 5.10 Å². The molecule has 4 aromatic rings. The fourth-order valence-corrected chi connectivity index (χ4v) is 5.56. The average molecular weight is 400 g/mol. The zero-order chi connectivity index (χ0) is 20.7. The Bertz CT molecular complexity index is 1390. The van der Waals surface area contributed by atoms with Crippen LogP contribution >= 0.6 is 0 Å². The quantitative estimate of drug-likeness (QED) is 0.558. The first-order valence-corrected chi connectivity index (χ1v) is 10.5. The first-order valence-electron chi connectivity index (χ1n) is 10.5. The minimum Gasteiger partial charge on any atom is -0.325 e. The third-order valence-electron chi connectivity index (χ3n) is 7.12. The summed E-state index contributed by atoms with van der Waals surface area (Å²) >= 11 is 0. The first kappa shape index (κ1) is 17.8. The molecule has 7 nitrogen and oxygen atoms in total. The van der Waals surface area contributed by atoms with Crippen LogP contribution < -0.4 is 11.3 Å². The van der Waals surface area contributed by atoms with Crippen molar-refractivity contribution in [3.8, 4) is 11.4 Å². The normalized spacial score (nSPS) is 25.6. The Morgan fingerprint density at radius 3 is 2.57 bits per heavy atom. The van der Waals surface area contributed by atoms with E-state index in [0.29, 0.717) is 10.9 Å². The molecule has 2 aliphatic carbocycles. The van der Waals surface area contributed by atoms with E-state index < -0.39 is 0 Å². The van der Waals surface area contributed by atoms with Gasteiger partial charge in [0.15, 0.2) is 5.65 Å². The number of aryl methyl sites for hydroxylation is 2. The van der Waals surface area contributed by atoms with Gasteiger partial charge in [0.2, 0.25) is 0 Å². The van der Waals surface area contributed by atoms with E-state index in [-0.39, 0.29) is 16.6 Å². The molecule has 0 unspecified atom stereocenters. The van der Waals surface area contributed by atoms with Gasteiger partial charge >= 0.3 is 0 Å². The average Bonchev–Trinajstić information content (AvgIpc) is 3.38. The highest BCUT2D eigenvalue weighted by molar-refractivity contribution is 5.80. The van der Waals surface area contributed by atoms with Crippen LogP contribution in [-0.4, -0.2) is 29.7 Å². The van der Waals surface area contributed by atoms with Gasteiger partial charge in [0.05, 0.1) is 28.5 Å². The summed E-state index contributed by atoms with van der Waals surface area (Å²) in [7, 11) is 0. The van der Waals surface area contributed by atoms with Gasteiger partial charge in [-0.1, -0.05) is 0 Å². The molecule has 2 N–H and O–H groups in total. The van der Waals surface area contributed by atoms with Gasteiger partial charge in [0.25, 0.3) is 5.56 Å². The second-order valence-electron chi connectivity index (χ2n) is 9.25. The molecule has 7 heteroatoms. The molecule has 152 valence electrons. The predicted molar refractivity (Wildman–Crippen MR) is 115 cm³/mol. The molecule has 0 aliphatic heterocycles. The predicted octanol–water partition coefficient (Wildman–Crippen LogP) is 3.09. The lowest BCUT2D eigenvalue weighted by Gasteiger charge is -2.29. The van der Waals surface area contributed by atoms with E-state index in [9.17, 15) is 4.79 Å². The lowest BCUT2D eigenvalue weighted by Crippen LogP contribution is -2.37. The highest BCUT2D eigenvalue weighted by atomic mass is 16.1. The van der Waals surface area contributed by atoms with Crippen molar-refractivity contribution in [1.82, 2.24) is 24.1 Å². The largest absolute Gasteiger partial charge is 0.325 e. The van der Waals surface area contributed by atoms with E-state index in [0.717, 1.165) is 60.4 Å². The molecule has 0 atom stereocenters. The van der Waals surface area contributed by atoms with Gasteiger partial charge in [0.1, 0.15) is 5.69 Å².